The Labute approximate surface area is 239 Å². The molecule has 9 heteroatoms. The Kier molecular flexibility index (Phi) is 8.36. The third kappa shape index (κ3) is 6.32. The summed E-state index contributed by atoms with van der Waals surface area (Å²) in [5, 5.41) is 13.8. The number of ether oxygens (including phenoxy) is 3. The standard InChI is InChI=1S/C32H34N4O5/c37-30-21-34-32(38)36(30)29-19-28(35-27-14-15-33-20-26(27)29)24-8-6-22(7-9-24)23-10-12-25(13-11-23)39-16-3-4-18-41-31-5-1-2-17-40-31/h6-15,19-20,30-31,37H,1-5,16-18,21H2,(H,34,38). The number of nitrogens with one attached hydrogen (secondary N) is 1. The van der Waals surface area contributed by atoms with Crippen LogP contribution in [-0.4, -0.2) is 60.0 Å². The number of pyridine rings is 2. The van der Waals surface area contributed by atoms with Crippen LogP contribution in [0.4, 0.5) is 10.5 Å². The molecule has 4 aromatic rings. The van der Waals surface area contributed by atoms with Gasteiger partial charge in [-0.2, -0.15) is 0 Å². The summed E-state index contributed by atoms with van der Waals surface area (Å²) >= 11 is 0. The smallest absolute Gasteiger partial charge is 0.324 e. The van der Waals surface area contributed by atoms with Crippen molar-refractivity contribution in [3.63, 3.8) is 0 Å². The Bertz CT molecular complexity index is 1470. The topological polar surface area (TPSA) is 106 Å². The van der Waals surface area contributed by atoms with Crippen LogP contribution in [0.15, 0.2) is 73.1 Å². The van der Waals surface area contributed by atoms with E-state index in [1.165, 1.54) is 11.3 Å². The van der Waals surface area contributed by atoms with Gasteiger partial charge in [0.1, 0.15) is 5.75 Å². The molecule has 41 heavy (non-hydrogen) atoms. The maximum Gasteiger partial charge on any atom is 0.324 e. The first kappa shape index (κ1) is 27.1. The average molecular weight is 555 g/mol. The predicted molar refractivity (Wildman–Crippen MR) is 157 cm³/mol. The second kappa shape index (κ2) is 12.6. The molecule has 2 aromatic carbocycles. The molecule has 2 saturated heterocycles. The Morgan fingerprint density at radius 1 is 0.976 bits per heavy atom. The zero-order valence-corrected chi connectivity index (χ0v) is 22.9. The van der Waals surface area contributed by atoms with E-state index >= 15 is 0 Å². The van der Waals surface area contributed by atoms with Crippen LogP contribution >= 0.6 is 0 Å². The summed E-state index contributed by atoms with van der Waals surface area (Å²) in [6, 6.07) is 19.5. The fourth-order valence-corrected chi connectivity index (χ4v) is 5.19. The SMILES string of the molecule is O=C1NCC(O)N1c1cc(-c2ccc(-c3ccc(OCCCCOC4CCCCO4)cc3)cc2)nc2ccncc12. The van der Waals surface area contributed by atoms with Crippen LogP contribution in [0.25, 0.3) is 33.3 Å². The van der Waals surface area contributed by atoms with E-state index in [1.54, 1.807) is 18.5 Å². The molecule has 212 valence electrons. The maximum atomic E-state index is 12.5. The minimum atomic E-state index is -0.953. The summed E-state index contributed by atoms with van der Waals surface area (Å²) < 4.78 is 17.3. The van der Waals surface area contributed by atoms with Crippen molar-refractivity contribution < 1.29 is 24.1 Å². The summed E-state index contributed by atoms with van der Waals surface area (Å²) in [5.41, 5.74) is 5.04. The lowest BCUT2D eigenvalue weighted by Crippen LogP contribution is -2.34. The van der Waals surface area contributed by atoms with Crippen LogP contribution in [0.3, 0.4) is 0 Å². The highest BCUT2D eigenvalue weighted by molar-refractivity contribution is 6.04. The first-order valence-corrected chi connectivity index (χ1v) is 14.2. The van der Waals surface area contributed by atoms with Gasteiger partial charge in [-0.3, -0.25) is 9.88 Å². The van der Waals surface area contributed by atoms with Crippen molar-refractivity contribution in [2.75, 3.05) is 31.3 Å². The van der Waals surface area contributed by atoms with Crippen molar-refractivity contribution >= 4 is 22.6 Å². The third-order valence-corrected chi connectivity index (χ3v) is 7.42. The number of β-amino-alcohol motifs (C(OH)–C–C–N with tert-alkyl or cyclic N) is 1. The molecule has 0 spiro atoms. The highest BCUT2D eigenvalue weighted by Crippen LogP contribution is 2.33. The van der Waals surface area contributed by atoms with Gasteiger partial charge >= 0.3 is 6.03 Å². The fraction of sp³-hybridized carbons (Fsp3) is 0.344. The number of hydrogen-bond donors (Lipinski definition) is 2. The monoisotopic (exact) mass is 554 g/mol. The number of aliphatic hydroxyl groups excluding tert-OH is 1. The first-order chi connectivity index (χ1) is 20.2. The van der Waals surface area contributed by atoms with Crippen LogP contribution in [0.5, 0.6) is 5.75 Å². The Morgan fingerprint density at radius 3 is 2.46 bits per heavy atom. The lowest BCUT2D eigenvalue weighted by atomic mass is 10.0. The Morgan fingerprint density at radius 2 is 1.73 bits per heavy atom. The zero-order chi connectivity index (χ0) is 28.0. The van der Waals surface area contributed by atoms with Crippen LogP contribution in [0.1, 0.15) is 32.1 Å². The molecule has 9 nitrogen and oxygen atoms in total. The Hall–Kier alpha value is -4.05. The van der Waals surface area contributed by atoms with Gasteiger partial charge in [0.2, 0.25) is 0 Å². The lowest BCUT2D eigenvalue weighted by Gasteiger charge is -2.22. The molecule has 4 heterocycles. The second-order valence-corrected chi connectivity index (χ2v) is 10.3. The molecule has 2 aromatic heterocycles. The normalized spacial score (nSPS) is 19.0. The molecule has 0 saturated carbocycles. The predicted octanol–water partition coefficient (Wildman–Crippen LogP) is 5.51. The largest absolute Gasteiger partial charge is 0.494 e. The van der Waals surface area contributed by atoms with Crippen molar-refractivity contribution in [2.45, 2.75) is 44.6 Å². The van der Waals surface area contributed by atoms with E-state index in [0.29, 0.717) is 35.5 Å². The summed E-state index contributed by atoms with van der Waals surface area (Å²) in [4.78, 5) is 22.8. The fourth-order valence-electron chi connectivity index (χ4n) is 5.19. The summed E-state index contributed by atoms with van der Waals surface area (Å²) in [6.45, 7) is 2.32. The molecule has 2 atom stereocenters. The van der Waals surface area contributed by atoms with E-state index in [9.17, 15) is 9.90 Å². The summed E-state index contributed by atoms with van der Waals surface area (Å²) in [7, 11) is 0. The lowest BCUT2D eigenvalue weighted by molar-refractivity contribution is -0.162. The van der Waals surface area contributed by atoms with Crippen LogP contribution in [0, 0.1) is 0 Å². The molecule has 2 N–H and O–H groups in total. The van der Waals surface area contributed by atoms with Gasteiger partial charge in [0.05, 0.1) is 30.0 Å². The number of hydrogen-bond acceptors (Lipinski definition) is 7. The third-order valence-electron chi connectivity index (χ3n) is 7.42. The molecule has 0 aliphatic carbocycles. The van der Waals surface area contributed by atoms with Gasteiger partial charge in [-0.15, -0.1) is 0 Å². The van der Waals surface area contributed by atoms with E-state index in [0.717, 1.165) is 54.7 Å². The molecular formula is C32H34N4O5. The van der Waals surface area contributed by atoms with Gasteiger partial charge in [-0.05, 0) is 67.5 Å². The average Bonchev–Trinajstić information content (AvgIpc) is 3.36. The minimum absolute atomic E-state index is 0.0303. The molecule has 2 fully saturated rings. The highest BCUT2D eigenvalue weighted by Gasteiger charge is 2.32. The van der Waals surface area contributed by atoms with Gasteiger partial charge in [0.15, 0.2) is 12.5 Å². The van der Waals surface area contributed by atoms with Crippen molar-refractivity contribution in [1.82, 2.24) is 15.3 Å². The van der Waals surface area contributed by atoms with Gasteiger partial charge in [0.25, 0.3) is 0 Å². The number of unbranched alkanes of at least 4 members (excludes halogenated alkanes) is 1. The molecule has 0 bridgehead atoms. The summed E-state index contributed by atoms with van der Waals surface area (Å²) in [5.74, 6) is 0.845. The van der Waals surface area contributed by atoms with Crippen LogP contribution in [-0.2, 0) is 9.47 Å². The number of urea groups is 1. The number of carbonyl (C=O) groups excluding carboxylic acids is 1. The van der Waals surface area contributed by atoms with E-state index in [2.05, 4.69) is 34.6 Å². The molecule has 0 radical (unpaired) electrons. The number of fused-ring (bicyclic) bond motifs is 1. The molecule has 6 rings (SSSR count). The van der Waals surface area contributed by atoms with Gasteiger partial charge in [0, 0.05) is 36.6 Å². The Balaban J connectivity index is 1.08. The van der Waals surface area contributed by atoms with Crippen molar-refractivity contribution in [3.05, 3.63) is 73.1 Å². The zero-order valence-electron chi connectivity index (χ0n) is 22.9. The molecule has 2 amide bonds. The molecule has 2 unspecified atom stereocenters. The molecular weight excluding hydrogens is 520 g/mol. The van der Waals surface area contributed by atoms with Crippen LogP contribution in [0.2, 0.25) is 0 Å². The van der Waals surface area contributed by atoms with Gasteiger partial charge in [-0.25, -0.2) is 9.78 Å². The van der Waals surface area contributed by atoms with Crippen molar-refractivity contribution in [2.24, 2.45) is 0 Å². The quantitative estimate of drug-likeness (QED) is 0.249. The number of aromatic nitrogens is 2. The molecule has 2 aliphatic heterocycles. The van der Waals surface area contributed by atoms with E-state index < -0.39 is 6.23 Å². The van der Waals surface area contributed by atoms with Gasteiger partial charge in [-0.1, -0.05) is 36.4 Å². The van der Waals surface area contributed by atoms with Gasteiger partial charge < -0.3 is 24.6 Å². The molecule has 2 aliphatic rings. The number of rotatable bonds is 10. The number of anilines is 1. The maximum absolute atomic E-state index is 12.5. The van der Waals surface area contributed by atoms with Crippen molar-refractivity contribution in [3.8, 4) is 28.1 Å². The number of carbonyl (C=O) groups is 1. The number of benzene rings is 2. The number of nitrogens with zero attached hydrogens (tertiary/aromatic N) is 3. The second-order valence-electron chi connectivity index (χ2n) is 10.3. The number of amides is 2. The summed E-state index contributed by atoms with van der Waals surface area (Å²) in [6.07, 6.45) is 7.53. The highest BCUT2D eigenvalue weighted by atomic mass is 16.7. The number of aliphatic hydroxyl groups is 1. The van der Waals surface area contributed by atoms with E-state index in [4.69, 9.17) is 19.2 Å². The minimum Gasteiger partial charge on any atom is -0.494 e. The van der Waals surface area contributed by atoms with Crippen molar-refractivity contribution in [1.29, 1.82) is 0 Å². The van der Waals surface area contributed by atoms with E-state index in [1.807, 2.05) is 30.3 Å². The van der Waals surface area contributed by atoms with E-state index in [-0.39, 0.29) is 18.9 Å². The first-order valence-electron chi connectivity index (χ1n) is 14.2. The van der Waals surface area contributed by atoms with Crippen LogP contribution < -0.4 is 15.0 Å².